The van der Waals surface area contributed by atoms with Crippen LogP contribution in [0.3, 0.4) is 0 Å². The highest BCUT2D eigenvalue weighted by Crippen LogP contribution is 2.25. The largest absolute Gasteiger partial charge is 0.340 e. The molecule has 2 amide bonds. The third kappa shape index (κ3) is 2.82. The number of hydrogen-bond acceptors (Lipinski definition) is 3. The summed E-state index contributed by atoms with van der Waals surface area (Å²) in [5.41, 5.74) is -0.696. The standard InChI is InChI=1S/C13H22N2O2S/c1-3-13(2)12(17)15(9-11(16)14-13)8-10-4-6-18-7-5-10/h10H,3-9H2,1-2H3,(H,14,16). The molecule has 0 aromatic heterocycles. The molecule has 5 heteroatoms. The second-order valence-corrected chi connectivity index (χ2v) is 6.70. The average molecular weight is 270 g/mol. The first-order chi connectivity index (χ1) is 8.55. The molecule has 2 heterocycles. The molecule has 2 rings (SSSR count). The van der Waals surface area contributed by atoms with Crippen LogP contribution in [0.2, 0.25) is 0 Å². The van der Waals surface area contributed by atoms with Gasteiger partial charge in [-0.1, -0.05) is 6.92 Å². The van der Waals surface area contributed by atoms with Crippen molar-refractivity contribution in [3.8, 4) is 0 Å². The van der Waals surface area contributed by atoms with Crippen molar-refractivity contribution in [1.29, 1.82) is 0 Å². The third-order valence-electron chi connectivity index (χ3n) is 4.04. The molecular formula is C13H22N2O2S. The summed E-state index contributed by atoms with van der Waals surface area (Å²) in [5, 5.41) is 2.83. The van der Waals surface area contributed by atoms with Gasteiger partial charge in [0.25, 0.3) is 0 Å². The summed E-state index contributed by atoms with van der Waals surface area (Å²) in [6.45, 7) is 4.76. The summed E-state index contributed by atoms with van der Waals surface area (Å²) in [4.78, 5) is 25.9. The topological polar surface area (TPSA) is 49.4 Å². The molecule has 0 saturated carbocycles. The van der Waals surface area contributed by atoms with Gasteiger partial charge in [0.05, 0.1) is 6.54 Å². The lowest BCUT2D eigenvalue weighted by Gasteiger charge is -2.41. The fourth-order valence-electron chi connectivity index (χ4n) is 2.62. The first-order valence-corrected chi connectivity index (χ1v) is 7.89. The molecule has 102 valence electrons. The van der Waals surface area contributed by atoms with E-state index in [0.29, 0.717) is 12.3 Å². The van der Waals surface area contributed by atoms with Crippen molar-refractivity contribution in [3.05, 3.63) is 0 Å². The maximum atomic E-state index is 12.4. The van der Waals surface area contributed by atoms with Crippen LogP contribution in [0.15, 0.2) is 0 Å². The van der Waals surface area contributed by atoms with Gasteiger partial charge in [-0.25, -0.2) is 0 Å². The summed E-state index contributed by atoms with van der Waals surface area (Å²) in [7, 11) is 0. The van der Waals surface area contributed by atoms with E-state index in [2.05, 4.69) is 5.32 Å². The van der Waals surface area contributed by atoms with Gasteiger partial charge >= 0.3 is 0 Å². The number of thioether (sulfide) groups is 1. The van der Waals surface area contributed by atoms with E-state index >= 15 is 0 Å². The smallest absolute Gasteiger partial charge is 0.248 e. The lowest BCUT2D eigenvalue weighted by atomic mass is 9.93. The van der Waals surface area contributed by atoms with Crippen LogP contribution >= 0.6 is 11.8 Å². The van der Waals surface area contributed by atoms with Gasteiger partial charge in [0.2, 0.25) is 11.8 Å². The van der Waals surface area contributed by atoms with Crippen molar-refractivity contribution >= 4 is 23.6 Å². The van der Waals surface area contributed by atoms with Gasteiger partial charge in [0.1, 0.15) is 5.54 Å². The number of nitrogens with zero attached hydrogens (tertiary/aromatic N) is 1. The summed E-state index contributed by atoms with van der Waals surface area (Å²) in [6.07, 6.45) is 2.98. The Hall–Kier alpha value is -0.710. The van der Waals surface area contributed by atoms with E-state index in [1.54, 1.807) is 4.90 Å². The number of rotatable bonds is 3. The Morgan fingerprint density at radius 1 is 1.39 bits per heavy atom. The first kappa shape index (κ1) is 13.7. The number of hydrogen-bond donors (Lipinski definition) is 1. The lowest BCUT2D eigenvalue weighted by molar-refractivity contribution is -0.150. The molecule has 0 radical (unpaired) electrons. The Balaban J connectivity index is 2.02. The van der Waals surface area contributed by atoms with Gasteiger partial charge < -0.3 is 10.2 Å². The van der Waals surface area contributed by atoms with Crippen LogP contribution in [0, 0.1) is 5.92 Å². The number of amides is 2. The van der Waals surface area contributed by atoms with E-state index in [1.807, 2.05) is 25.6 Å². The quantitative estimate of drug-likeness (QED) is 0.840. The molecule has 1 unspecified atom stereocenters. The molecule has 0 bridgehead atoms. The minimum absolute atomic E-state index is 0.0239. The van der Waals surface area contributed by atoms with Crippen molar-refractivity contribution < 1.29 is 9.59 Å². The number of carbonyl (C=O) groups is 2. The van der Waals surface area contributed by atoms with Crippen LogP contribution in [0.5, 0.6) is 0 Å². The van der Waals surface area contributed by atoms with Crippen molar-refractivity contribution in [2.24, 2.45) is 5.92 Å². The van der Waals surface area contributed by atoms with E-state index in [0.717, 1.165) is 6.54 Å². The van der Waals surface area contributed by atoms with Crippen LogP contribution in [-0.4, -0.2) is 46.8 Å². The molecule has 0 aromatic rings. The summed E-state index contributed by atoms with van der Waals surface area (Å²) < 4.78 is 0. The van der Waals surface area contributed by atoms with Gasteiger partial charge in [-0.3, -0.25) is 9.59 Å². The highest BCUT2D eigenvalue weighted by atomic mass is 32.2. The summed E-state index contributed by atoms with van der Waals surface area (Å²) >= 11 is 1.98. The average Bonchev–Trinajstić information content (AvgIpc) is 2.37. The SMILES string of the molecule is CCC1(C)NC(=O)CN(CC2CCSCC2)C1=O. The van der Waals surface area contributed by atoms with Gasteiger partial charge in [-0.15, -0.1) is 0 Å². The molecule has 0 aromatic carbocycles. The van der Waals surface area contributed by atoms with E-state index in [-0.39, 0.29) is 18.4 Å². The maximum Gasteiger partial charge on any atom is 0.248 e. The molecule has 2 aliphatic heterocycles. The molecule has 0 spiro atoms. The van der Waals surface area contributed by atoms with Crippen LogP contribution in [0.25, 0.3) is 0 Å². The molecule has 18 heavy (non-hydrogen) atoms. The molecule has 4 nitrogen and oxygen atoms in total. The van der Waals surface area contributed by atoms with E-state index < -0.39 is 5.54 Å². The van der Waals surface area contributed by atoms with Crippen molar-refractivity contribution in [3.63, 3.8) is 0 Å². The Morgan fingerprint density at radius 2 is 2.06 bits per heavy atom. The molecule has 1 atom stereocenters. The van der Waals surface area contributed by atoms with Crippen LogP contribution in [0.1, 0.15) is 33.1 Å². The van der Waals surface area contributed by atoms with Crippen molar-refractivity contribution in [2.75, 3.05) is 24.6 Å². The summed E-state index contributed by atoms with van der Waals surface area (Å²) in [5.74, 6) is 3.00. The number of piperazine rings is 1. The van der Waals surface area contributed by atoms with Gasteiger partial charge in [0, 0.05) is 6.54 Å². The predicted octanol–water partition coefficient (Wildman–Crippen LogP) is 1.26. The molecule has 2 saturated heterocycles. The second kappa shape index (κ2) is 5.51. The van der Waals surface area contributed by atoms with Crippen LogP contribution in [-0.2, 0) is 9.59 Å². The summed E-state index contributed by atoms with van der Waals surface area (Å²) in [6, 6.07) is 0. The second-order valence-electron chi connectivity index (χ2n) is 5.48. The number of carbonyl (C=O) groups excluding carboxylic acids is 2. The minimum atomic E-state index is -0.696. The van der Waals surface area contributed by atoms with Crippen LogP contribution < -0.4 is 5.32 Å². The van der Waals surface area contributed by atoms with E-state index in [9.17, 15) is 9.59 Å². The molecule has 1 N–H and O–H groups in total. The van der Waals surface area contributed by atoms with Crippen molar-refractivity contribution in [1.82, 2.24) is 10.2 Å². The predicted molar refractivity (Wildman–Crippen MR) is 73.5 cm³/mol. The molecule has 2 aliphatic rings. The minimum Gasteiger partial charge on any atom is -0.340 e. The Labute approximate surface area is 113 Å². The van der Waals surface area contributed by atoms with E-state index in [4.69, 9.17) is 0 Å². The maximum absolute atomic E-state index is 12.4. The monoisotopic (exact) mass is 270 g/mol. The van der Waals surface area contributed by atoms with Crippen LogP contribution in [0.4, 0.5) is 0 Å². The van der Waals surface area contributed by atoms with Crippen molar-refractivity contribution in [2.45, 2.75) is 38.6 Å². The number of nitrogens with one attached hydrogen (secondary N) is 1. The first-order valence-electron chi connectivity index (χ1n) is 6.73. The molecule has 2 fully saturated rings. The zero-order chi connectivity index (χ0) is 13.2. The Kier molecular flexibility index (Phi) is 4.20. The molecular weight excluding hydrogens is 248 g/mol. The van der Waals surface area contributed by atoms with E-state index in [1.165, 1.54) is 24.3 Å². The highest BCUT2D eigenvalue weighted by molar-refractivity contribution is 7.99. The third-order valence-corrected chi connectivity index (χ3v) is 5.08. The molecule has 0 aliphatic carbocycles. The zero-order valence-corrected chi connectivity index (χ0v) is 12.0. The highest BCUT2D eigenvalue weighted by Gasteiger charge is 2.41. The Morgan fingerprint density at radius 3 is 2.67 bits per heavy atom. The normalized spacial score (nSPS) is 30.4. The van der Waals surface area contributed by atoms with Gasteiger partial charge in [0.15, 0.2) is 0 Å². The fraction of sp³-hybridized carbons (Fsp3) is 0.846. The van der Waals surface area contributed by atoms with Gasteiger partial charge in [-0.2, -0.15) is 11.8 Å². The Bertz CT molecular complexity index is 342. The zero-order valence-electron chi connectivity index (χ0n) is 11.2. The lowest BCUT2D eigenvalue weighted by Crippen LogP contribution is -2.65. The fourth-order valence-corrected chi connectivity index (χ4v) is 3.83. The van der Waals surface area contributed by atoms with Gasteiger partial charge in [-0.05, 0) is 43.6 Å².